The number of hydrogen-bond acceptors (Lipinski definition) is 5. The third kappa shape index (κ3) is 4.41. The van der Waals surface area contributed by atoms with E-state index in [0.717, 1.165) is 17.4 Å². The highest BCUT2D eigenvalue weighted by atomic mass is 35.5. The molecular formula is C17H25ClN6O3. The van der Waals surface area contributed by atoms with E-state index < -0.39 is 11.5 Å². The van der Waals surface area contributed by atoms with Crippen LogP contribution < -0.4 is 10.9 Å². The first-order valence-electron chi connectivity index (χ1n) is 8.65. The van der Waals surface area contributed by atoms with E-state index in [1.807, 2.05) is 27.9 Å². The summed E-state index contributed by atoms with van der Waals surface area (Å²) in [5, 5.41) is 17.6. The van der Waals surface area contributed by atoms with Crippen molar-refractivity contribution >= 4 is 36.1 Å². The van der Waals surface area contributed by atoms with E-state index in [9.17, 15) is 14.7 Å². The van der Waals surface area contributed by atoms with Gasteiger partial charge in [-0.25, -0.2) is 4.99 Å². The Morgan fingerprint density at radius 1 is 1.48 bits per heavy atom. The van der Waals surface area contributed by atoms with E-state index in [0.29, 0.717) is 18.0 Å². The smallest absolute Gasteiger partial charge is 0.291 e. The molecule has 1 aliphatic carbocycles. The lowest BCUT2D eigenvalue weighted by Crippen LogP contribution is -2.34. The van der Waals surface area contributed by atoms with Gasteiger partial charge < -0.3 is 15.3 Å². The van der Waals surface area contributed by atoms with Crippen molar-refractivity contribution in [1.82, 2.24) is 24.4 Å². The van der Waals surface area contributed by atoms with Crippen LogP contribution in [0.15, 0.2) is 15.9 Å². The fourth-order valence-electron chi connectivity index (χ4n) is 2.61. The van der Waals surface area contributed by atoms with Crippen molar-refractivity contribution in [2.45, 2.75) is 39.3 Å². The van der Waals surface area contributed by atoms with Crippen LogP contribution in [0.1, 0.15) is 37.0 Å². The van der Waals surface area contributed by atoms with E-state index >= 15 is 0 Å². The Morgan fingerprint density at radius 3 is 2.70 bits per heavy atom. The van der Waals surface area contributed by atoms with E-state index in [4.69, 9.17) is 0 Å². The number of nitrogens with one attached hydrogen (secondary N) is 1. The summed E-state index contributed by atoms with van der Waals surface area (Å²) in [6.45, 7) is 4.40. The molecule has 1 saturated carbocycles. The standard InChI is InChI=1S/C17H24N6O3.ClH/c1-10(2)8-22-13-7-12(18-9-21(3)4)20-23(13)17(26)14(16(22)25)15(24)19-11-5-6-11;/h7,9-11,25H,5-6,8H2,1-4H3,(H,19,24);1H. The summed E-state index contributed by atoms with van der Waals surface area (Å²) in [4.78, 5) is 31.2. The third-order valence-electron chi connectivity index (χ3n) is 3.95. The molecule has 0 unspecified atom stereocenters. The van der Waals surface area contributed by atoms with Crippen molar-refractivity contribution in [3.8, 4) is 5.88 Å². The molecule has 1 amide bonds. The number of aliphatic imine (C=N–C) groups is 1. The Labute approximate surface area is 163 Å². The number of fused-ring (bicyclic) bond motifs is 1. The molecule has 1 fully saturated rings. The van der Waals surface area contributed by atoms with E-state index in [1.165, 1.54) is 4.57 Å². The maximum absolute atomic E-state index is 12.8. The molecule has 0 radical (unpaired) electrons. The Morgan fingerprint density at radius 2 is 2.15 bits per heavy atom. The minimum absolute atomic E-state index is 0. The van der Waals surface area contributed by atoms with Crippen LogP contribution in [0.25, 0.3) is 5.65 Å². The van der Waals surface area contributed by atoms with Crippen molar-refractivity contribution in [2.24, 2.45) is 10.9 Å². The highest BCUT2D eigenvalue weighted by Gasteiger charge is 2.29. The summed E-state index contributed by atoms with van der Waals surface area (Å²) < 4.78 is 2.67. The number of nitrogens with zero attached hydrogens (tertiary/aromatic N) is 5. The minimum atomic E-state index is -0.651. The molecule has 0 spiro atoms. The van der Waals surface area contributed by atoms with Crippen molar-refractivity contribution < 1.29 is 9.90 Å². The number of hydrogen-bond donors (Lipinski definition) is 2. The van der Waals surface area contributed by atoms with Crippen molar-refractivity contribution in [1.29, 1.82) is 0 Å². The zero-order valence-electron chi connectivity index (χ0n) is 15.8. The maximum Gasteiger partial charge on any atom is 0.291 e. The van der Waals surface area contributed by atoms with Crippen LogP contribution in [0.3, 0.4) is 0 Å². The molecule has 10 heteroatoms. The molecular weight excluding hydrogens is 372 g/mol. The fourth-order valence-corrected chi connectivity index (χ4v) is 2.61. The Balaban J connectivity index is 0.00000261. The number of carbonyl (C=O) groups excluding carboxylic acids is 1. The Hall–Kier alpha value is -2.55. The summed E-state index contributed by atoms with van der Waals surface area (Å²) in [6, 6.07) is 1.69. The molecule has 27 heavy (non-hydrogen) atoms. The number of carbonyl (C=O) groups is 1. The van der Waals surface area contributed by atoms with Crippen LogP contribution in [0.2, 0.25) is 0 Å². The SMILES string of the molecule is CC(C)Cn1c(O)c(C(=O)NC2CC2)c(=O)n2nc(N=CN(C)C)cc12.Cl. The minimum Gasteiger partial charge on any atom is -0.494 e. The zero-order chi connectivity index (χ0) is 19.0. The van der Waals surface area contributed by atoms with E-state index in [-0.39, 0.29) is 35.8 Å². The molecule has 2 aromatic heterocycles. The predicted molar refractivity (Wildman–Crippen MR) is 106 cm³/mol. The van der Waals surface area contributed by atoms with Crippen LogP contribution in [-0.4, -0.2) is 56.6 Å². The van der Waals surface area contributed by atoms with Gasteiger partial charge in [-0.05, 0) is 18.8 Å². The second-order valence-corrected chi connectivity index (χ2v) is 7.24. The first kappa shape index (κ1) is 20.8. The topological polar surface area (TPSA) is 104 Å². The van der Waals surface area contributed by atoms with Gasteiger partial charge in [-0.1, -0.05) is 13.8 Å². The molecule has 2 heterocycles. The van der Waals surface area contributed by atoms with Crippen molar-refractivity contribution in [3.05, 3.63) is 22.0 Å². The van der Waals surface area contributed by atoms with Gasteiger partial charge in [0.2, 0.25) is 5.88 Å². The molecule has 0 saturated heterocycles. The fraction of sp³-hybridized carbons (Fsp3) is 0.529. The number of halogens is 1. The molecule has 0 atom stereocenters. The largest absolute Gasteiger partial charge is 0.494 e. The Bertz CT molecular complexity index is 927. The molecule has 2 N–H and O–H groups in total. The molecule has 148 valence electrons. The van der Waals surface area contributed by atoms with Gasteiger partial charge in [0.15, 0.2) is 11.4 Å². The predicted octanol–water partition coefficient (Wildman–Crippen LogP) is 1.39. The summed E-state index contributed by atoms with van der Waals surface area (Å²) >= 11 is 0. The molecule has 2 aromatic rings. The van der Waals surface area contributed by atoms with Gasteiger partial charge in [0, 0.05) is 32.7 Å². The first-order chi connectivity index (χ1) is 12.3. The number of amides is 1. The van der Waals surface area contributed by atoms with E-state index in [2.05, 4.69) is 15.4 Å². The van der Waals surface area contributed by atoms with Gasteiger partial charge in [-0.15, -0.1) is 17.5 Å². The molecule has 0 bridgehead atoms. The average Bonchev–Trinajstić information content (AvgIpc) is 3.25. The van der Waals surface area contributed by atoms with Gasteiger partial charge in [0.1, 0.15) is 5.65 Å². The van der Waals surface area contributed by atoms with Crippen molar-refractivity contribution in [3.63, 3.8) is 0 Å². The van der Waals surface area contributed by atoms with E-state index in [1.54, 1.807) is 17.3 Å². The number of aromatic hydroxyl groups is 1. The molecule has 3 rings (SSSR count). The van der Waals surface area contributed by atoms with Crippen LogP contribution in [-0.2, 0) is 6.54 Å². The summed E-state index contributed by atoms with van der Waals surface area (Å²) in [5.41, 5.74) is -0.534. The number of rotatable bonds is 6. The lowest BCUT2D eigenvalue weighted by atomic mass is 10.2. The Kier molecular flexibility index (Phi) is 6.15. The normalized spacial score (nSPS) is 14.0. The third-order valence-corrected chi connectivity index (χ3v) is 3.95. The van der Waals surface area contributed by atoms with Gasteiger partial charge in [0.25, 0.3) is 11.5 Å². The van der Waals surface area contributed by atoms with Crippen molar-refractivity contribution in [2.75, 3.05) is 14.1 Å². The highest BCUT2D eigenvalue weighted by Crippen LogP contribution is 2.24. The van der Waals surface area contributed by atoms with Crippen LogP contribution in [0, 0.1) is 5.92 Å². The first-order valence-corrected chi connectivity index (χ1v) is 8.65. The second kappa shape index (κ2) is 7.99. The summed E-state index contributed by atoms with van der Waals surface area (Å²) in [7, 11) is 3.65. The van der Waals surface area contributed by atoms with Gasteiger partial charge in [-0.2, -0.15) is 4.52 Å². The molecule has 1 aliphatic rings. The van der Waals surface area contributed by atoms with Gasteiger partial charge in [0.05, 0.1) is 6.34 Å². The molecule has 9 nitrogen and oxygen atoms in total. The monoisotopic (exact) mass is 396 g/mol. The summed E-state index contributed by atoms with van der Waals surface area (Å²) in [5.74, 6) is -0.386. The van der Waals surface area contributed by atoms with Gasteiger partial charge in [-0.3, -0.25) is 14.2 Å². The lowest BCUT2D eigenvalue weighted by molar-refractivity contribution is 0.0944. The second-order valence-electron chi connectivity index (χ2n) is 7.24. The molecule has 0 aromatic carbocycles. The van der Waals surface area contributed by atoms with Crippen LogP contribution >= 0.6 is 12.4 Å². The quantitative estimate of drug-likeness (QED) is 0.567. The lowest BCUT2D eigenvalue weighted by Gasteiger charge is -2.16. The zero-order valence-corrected chi connectivity index (χ0v) is 16.7. The van der Waals surface area contributed by atoms with Crippen LogP contribution in [0.5, 0.6) is 5.88 Å². The average molecular weight is 397 g/mol. The number of aromatic nitrogens is 3. The highest BCUT2D eigenvalue weighted by molar-refractivity contribution is 5.96. The maximum atomic E-state index is 12.8. The van der Waals surface area contributed by atoms with Gasteiger partial charge >= 0.3 is 0 Å². The van der Waals surface area contributed by atoms with Crippen LogP contribution in [0.4, 0.5) is 5.82 Å². The summed E-state index contributed by atoms with van der Waals surface area (Å²) in [6.07, 6.45) is 3.35. The molecule has 0 aliphatic heterocycles.